The lowest BCUT2D eigenvalue weighted by molar-refractivity contribution is 0.425. The number of anilines is 1. The molecule has 0 saturated heterocycles. The lowest BCUT2D eigenvalue weighted by atomic mass is 9.77. The molecule has 2 heterocycles. The summed E-state index contributed by atoms with van der Waals surface area (Å²) in [5, 5.41) is 5.01. The van der Waals surface area contributed by atoms with E-state index in [0.717, 1.165) is 12.1 Å². The Morgan fingerprint density at radius 1 is 1.14 bits per heavy atom. The molecule has 0 radical (unpaired) electrons. The van der Waals surface area contributed by atoms with Crippen molar-refractivity contribution in [2.45, 2.75) is 18.4 Å². The number of benzene rings is 1. The number of aromatic nitrogens is 1. The van der Waals surface area contributed by atoms with Crippen LogP contribution in [0.15, 0.2) is 48.8 Å². The van der Waals surface area contributed by atoms with Crippen LogP contribution in [0, 0.1) is 5.92 Å². The van der Waals surface area contributed by atoms with Crippen molar-refractivity contribution in [2.24, 2.45) is 5.92 Å². The SMILES string of the molecule is Clc1cc(Cl)c2c(c1)[C@@H]1C=CC[C@@H]1[C@H](c1ccncc1)N2. The van der Waals surface area contributed by atoms with Crippen molar-refractivity contribution in [2.75, 3.05) is 5.32 Å². The van der Waals surface area contributed by atoms with Gasteiger partial charge in [-0.05, 0) is 47.7 Å². The predicted molar refractivity (Wildman–Crippen MR) is 87.1 cm³/mol. The first-order chi connectivity index (χ1) is 10.2. The average Bonchev–Trinajstić information content (AvgIpc) is 2.97. The average molecular weight is 317 g/mol. The van der Waals surface area contributed by atoms with Crippen LogP contribution in [-0.2, 0) is 0 Å². The normalized spacial score (nSPS) is 26.1. The molecule has 1 aliphatic heterocycles. The molecule has 2 aromatic rings. The zero-order valence-corrected chi connectivity index (χ0v) is 12.8. The van der Waals surface area contributed by atoms with Crippen LogP contribution >= 0.6 is 23.2 Å². The molecule has 0 fully saturated rings. The Morgan fingerprint density at radius 2 is 1.95 bits per heavy atom. The molecule has 1 aliphatic carbocycles. The van der Waals surface area contributed by atoms with E-state index in [1.54, 1.807) is 6.07 Å². The van der Waals surface area contributed by atoms with Crippen molar-refractivity contribution in [3.05, 3.63) is 70.0 Å². The van der Waals surface area contributed by atoms with E-state index in [1.807, 2.05) is 18.5 Å². The number of hydrogen-bond donors (Lipinski definition) is 1. The number of hydrogen-bond acceptors (Lipinski definition) is 2. The number of halogens is 2. The van der Waals surface area contributed by atoms with Gasteiger partial charge in [0.15, 0.2) is 0 Å². The molecule has 2 aliphatic rings. The highest BCUT2D eigenvalue weighted by atomic mass is 35.5. The summed E-state index contributed by atoms with van der Waals surface area (Å²) in [4.78, 5) is 4.11. The Kier molecular flexibility index (Phi) is 3.16. The summed E-state index contributed by atoms with van der Waals surface area (Å²) in [6.07, 6.45) is 9.29. The molecule has 4 rings (SSSR count). The number of pyridine rings is 1. The minimum atomic E-state index is 0.249. The van der Waals surface area contributed by atoms with E-state index in [2.05, 4.69) is 34.6 Å². The van der Waals surface area contributed by atoms with E-state index in [0.29, 0.717) is 21.9 Å². The number of fused-ring (bicyclic) bond motifs is 3. The molecule has 0 bridgehead atoms. The quantitative estimate of drug-likeness (QED) is 0.730. The van der Waals surface area contributed by atoms with Crippen molar-refractivity contribution in [1.29, 1.82) is 0 Å². The first-order valence-electron chi connectivity index (χ1n) is 7.06. The minimum Gasteiger partial charge on any atom is -0.376 e. The van der Waals surface area contributed by atoms with Crippen molar-refractivity contribution < 1.29 is 0 Å². The Morgan fingerprint density at radius 3 is 2.76 bits per heavy atom. The second-order valence-corrected chi connectivity index (χ2v) is 6.45. The van der Waals surface area contributed by atoms with E-state index in [-0.39, 0.29) is 6.04 Å². The predicted octanol–water partition coefficient (Wildman–Crippen LogP) is 5.21. The molecule has 0 unspecified atom stereocenters. The van der Waals surface area contributed by atoms with Crippen LogP contribution in [0.25, 0.3) is 0 Å². The van der Waals surface area contributed by atoms with Gasteiger partial charge in [0.2, 0.25) is 0 Å². The molecule has 2 nitrogen and oxygen atoms in total. The third-order valence-corrected chi connectivity index (χ3v) is 4.97. The number of nitrogens with one attached hydrogen (secondary N) is 1. The van der Waals surface area contributed by atoms with E-state index in [4.69, 9.17) is 23.2 Å². The van der Waals surface area contributed by atoms with Crippen LogP contribution < -0.4 is 5.32 Å². The van der Waals surface area contributed by atoms with Gasteiger partial charge in [0.25, 0.3) is 0 Å². The van der Waals surface area contributed by atoms with Crippen molar-refractivity contribution >= 4 is 28.9 Å². The second kappa shape index (κ2) is 5.04. The van der Waals surface area contributed by atoms with Crippen molar-refractivity contribution in [1.82, 2.24) is 4.98 Å². The summed E-state index contributed by atoms with van der Waals surface area (Å²) >= 11 is 12.6. The van der Waals surface area contributed by atoms with Crippen LogP contribution in [0.3, 0.4) is 0 Å². The zero-order chi connectivity index (χ0) is 14.4. The Labute approximate surface area is 133 Å². The molecule has 1 aromatic heterocycles. The van der Waals surface area contributed by atoms with E-state index in [9.17, 15) is 0 Å². The van der Waals surface area contributed by atoms with Gasteiger partial charge in [0.1, 0.15) is 0 Å². The fraction of sp³-hybridized carbons (Fsp3) is 0.235. The van der Waals surface area contributed by atoms with Crippen LogP contribution in [0.5, 0.6) is 0 Å². The minimum absolute atomic E-state index is 0.249. The molecule has 106 valence electrons. The molecule has 0 spiro atoms. The van der Waals surface area contributed by atoms with Gasteiger partial charge in [-0.25, -0.2) is 0 Å². The van der Waals surface area contributed by atoms with Gasteiger partial charge in [-0.15, -0.1) is 0 Å². The number of rotatable bonds is 1. The molecule has 21 heavy (non-hydrogen) atoms. The number of nitrogens with zero attached hydrogens (tertiary/aromatic N) is 1. The molecule has 0 amide bonds. The highest BCUT2D eigenvalue weighted by Crippen LogP contribution is 2.52. The zero-order valence-electron chi connectivity index (χ0n) is 11.3. The molecule has 0 saturated carbocycles. The first kappa shape index (κ1) is 13.2. The van der Waals surface area contributed by atoms with E-state index in [1.165, 1.54) is 11.1 Å². The van der Waals surface area contributed by atoms with Crippen LogP contribution in [0.2, 0.25) is 10.0 Å². The summed E-state index contributed by atoms with van der Waals surface area (Å²) < 4.78 is 0. The smallest absolute Gasteiger partial charge is 0.0655 e. The first-order valence-corrected chi connectivity index (χ1v) is 7.81. The van der Waals surface area contributed by atoms with Gasteiger partial charge in [-0.2, -0.15) is 0 Å². The molecule has 3 atom stereocenters. The third kappa shape index (κ3) is 2.14. The third-order valence-electron chi connectivity index (χ3n) is 4.45. The maximum absolute atomic E-state index is 6.41. The van der Waals surface area contributed by atoms with Gasteiger partial charge < -0.3 is 5.32 Å². The monoisotopic (exact) mass is 316 g/mol. The van der Waals surface area contributed by atoms with Crippen molar-refractivity contribution in [3.8, 4) is 0 Å². The fourth-order valence-corrected chi connectivity index (χ4v) is 4.09. The van der Waals surface area contributed by atoms with Crippen LogP contribution in [0.4, 0.5) is 5.69 Å². The Hall–Kier alpha value is -1.51. The summed E-state index contributed by atoms with van der Waals surface area (Å²) in [5.41, 5.74) is 3.47. The maximum Gasteiger partial charge on any atom is 0.0655 e. The fourth-order valence-electron chi connectivity index (χ4n) is 3.52. The lowest BCUT2D eigenvalue weighted by Crippen LogP contribution is -2.29. The van der Waals surface area contributed by atoms with E-state index < -0.39 is 0 Å². The van der Waals surface area contributed by atoms with E-state index >= 15 is 0 Å². The Bertz CT molecular complexity index is 712. The second-order valence-electron chi connectivity index (χ2n) is 5.61. The lowest BCUT2D eigenvalue weighted by Gasteiger charge is -2.38. The topological polar surface area (TPSA) is 24.9 Å². The van der Waals surface area contributed by atoms with Gasteiger partial charge in [0.05, 0.1) is 16.8 Å². The van der Waals surface area contributed by atoms with Crippen LogP contribution in [-0.4, -0.2) is 4.98 Å². The van der Waals surface area contributed by atoms with Crippen molar-refractivity contribution in [3.63, 3.8) is 0 Å². The summed E-state index contributed by atoms with van der Waals surface area (Å²) in [6, 6.07) is 8.23. The highest BCUT2D eigenvalue weighted by Gasteiger charge is 2.38. The van der Waals surface area contributed by atoms with Gasteiger partial charge in [-0.3, -0.25) is 4.98 Å². The molecule has 1 aromatic carbocycles. The number of allylic oxidation sites excluding steroid dienone is 2. The summed E-state index contributed by atoms with van der Waals surface area (Å²) in [6.45, 7) is 0. The van der Waals surface area contributed by atoms with Gasteiger partial charge in [0, 0.05) is 23.3 Å². The van der Waals surface area contributed by atoms with Crippen LogP contribution in [0.1, 0.15) is 29.5 Å². The maximum atomic E-state index is 6.41. The molecular formula is C17H14Cl2N2. The standard InChI is InChI=1S/C17H14Cl2N2/c18-11-8-14-12-2-1-3-13(12)16(10-4-6-20-7-5-10)21-17(14)15(19)9-11/h1-2,4-9,12-13,16,21H,3H2/t12-,13+,16+/m1/s1. The molecular weight excluding hydrogens is 303 g/mol. The molecule has 1 N–H and O–H groups in total. The summed E-state index contributed by atoms with van der Waals surface area (Å²) in [5.74, 6) is 0.866. The van der Waals surface area contributed by atoms with Gasteiger partial charge >= 0.3 is 0 Å². The highest BCUT2D eigenvalue weighted by molar-refractivity contribution is 6.36. The largest absolute Gasteiger partial charge is 0.376 e. The Balaban J connectivity index is 1.84. The molecule has 4 heteroatoms. The summed E-state index contributed by atoms with van der Waals surface area (Å²) in [7, 11) is 0. The van der Waals surface area contributed by atoms with Gasteiger partial charge in [-0.1, -0.05) is 35.4 Å².